The molecule has 0 bridgehead atoms. The molecule has 0 aromatic heterocycles. The number of rotatable bonds is 1. The maximum absolute atomic E-state index is 14.1. The quantitative estimate of drug-likeness (QED) is 0.639. The molecular formula is C20H12FNO2. The maximum Gasteiger partial charge on any atom is 0.269 e. The Balaban J connectivity index is 1.78. The highest BCUT2D eigenvalue weighted by Crippen LogP contribution is 2.39. The first-order valence-corrected chi connectivity index (χ1v) is 7.87. The third-order valence-corrected chi connectivity index (χ3v) is 4.96. The standard InChI is InChI=1S/C20H12FNO2/c21-15-6-2-5-14-18(15)20(24)22(19(14)23)16-10-9-12-8-7-11-3-1-4-13(16)17(11)12/h1-6,9-10H,7-8H2. The van der Waals surface area contributed by atoms with E-state index >= 15 is 0 Å². The molecule has 3 aromatic rings. The Labute approximate surface area is 137 Å². The molecule has 2 aliphatic rings. The van der Waals surface area contributed by atoms with Crippen LogP contribution in [0.25, 0.3) is 10.8 Å². The van der Waals surface area contributed by atoms with E-state index in [0.29, 0.717) is 5.69 Å². The van der Waals surface area contributed by atoms with Gasteiger partial charge in [0.25, 0.3) is 11.8 Å². The van der Waals surface area contributed by atoms with E-state index in [0.717, 1.165) is 28.5 Å². The first kappa shape index (κ1) is 13.4. The van der Waals surface area contributed by atoms with Gasteiger partial charge in [0, 0.05) is 5.39 Å². The molecule has 0 N–H and O–H groups in total. The second-order valence-electron chi connectivity index (χ2n) is 6.19. The zero-order valence-electron chi connectivity index (χ0n) is 12.7. The predicted molar refractivity (Wildman–Crippen MR) is 88.9 cm³/mol. The molecule has 5 rings (SSSR count). The van der Waals surface area contributed by atoms with Crippen LogP contribution in [-0.2, 0) is 12.8 Å². The lowest BCUT2D eigenvalue weighted by molar-refractivity contribution is 0.0925. The summed E-state index contributed by atoms with van der Waals surface area (Å²) >= 11 is 0. The monoisotopic (exact) mass is 317 g/mol. The van der Waals surface area contributed by atoms with Gasteiger partial charge in [-0.3, -0.25) is 9.59 Å². The van der Waals surface area contributed by atoms with E-state index in [-0.39, 0.29) is 11.1 Å². The summed E-state index contributed by atoms with van der Waals surface area (Å²) in [4.78, 5) is 26.6. The molecule has 1 heterocycles. The Hall–Kier alpha value is -3.01. The molecule has 4 heteroatoms. The molecule has 0 spiro atoms. The SMILES string of the molecule is O=C1c2cccc(F)c2C(=O)N1c1ccc2c3c(cccc13)CC2. The molecule has 0 saturated heterocycles. The Morgan fingerprint density at radius 3 is 2.38 bits per heavy atom. The van der Waals surface area contributed by atoms with Crippen LogP contribution in [-0.4, -0.2) is 11.8 Å². The molecule has 3 nitrogen and oxygen atoms in total. The highest BCUT2D eigenvalue weighted by molar-refractivity contribution is 6.36. The molecular weight excluding hydrogens is 305 g/mol. The molecule has 0 atom stereocenters. The third kappa shape index (κ3) is 1.55. The minimum atomic E-state index is -0.653. The third-order valence-electron chi connectivity index (χ3n) is 4.96. The van der Waals surface area contributed by atoms with Crippen molar-refractivity contribution in [3.05, 3.63) is 76.6 Å². The van der Waals surface area contributed by atoms with E-state index in [1.807, 2.05) is 18.2 Å². The molecule has 116 valence electrons. The van der Waals surface area contributed by atoms with Crippen LogP contribution in [0.1, 0.15) is 31.8 Å². The highest BCUT2D eigenvalue weighted by Gasteiger charge is 2.39. The summed E-state index contributed by atoms with van der Waals surface area (Å²) in [6.45, 7) is 0. The number of aryl methyl sites for hydroxylation is 2. The van der Waals surface area contributed by atoms with Crippen molar-refractivity contribution in [2.24, 2.45) is 0 Å². The van der Waals surface area contributed by atoms with E-state index in [2.05, 4.69) is 6.07 Å². The summed E-state index contributed by atoms with van der Waals surface area (Å²) < 4.78 is 14.1. The first-order valence-electron chi connectivity index (χ1n) is 7.87. The number of nitrogens with zero attached hydrogens (tertiary/aromatic N) is 1. The smallest absolute Gasteiger partial charge is 0.268 e. The van der Waals surface area contributed by atoms with Crippen molar-refractivity contribution in [2.75, 3.05) is 4.90 Å². The summed E-state index contributed by atoms with van der Waals surface area (Å²) in [6, 6.07) is 13.9. The van der Waals surface area contributed by atoms with Gasteiger partial charge in [0.05, 0.1) is 16.8 Å². The van der Waals surface area contributed by atoms with Gasteiger partial charge >= 0.3 is 0 Å². The Kier molecular flexibility index (Phi) is 2.52. The minimum Gasteiger partial charge on any atom is -0.268 e. The van der Waals surface area contributed by atoms with Crippen molar-refractivity contribution in [1.29, 1.82) is 0 Å². The van der Waals surface area contributed by atoms with Crippen LogP contribution < -0.4 is 4.90 Å². The van der Waals surface area contributed by atoms with Crippen molar-refractivity contribution < 1.29 is 14.0 Å². The number of carbonyl (C=O) groups is 2. The Morgan fingerprint density at radius 1 is 0.833 bits per heavy atom. The van der Waals surface area contributed by atoms with Gasteiger partial charge in [-0.2, -0.15) is 0 Å². The number of hydrogen-bond acceptors (Lipinski definition) is 2. The van der Waals surface area contributed by atoms with Crippen molar-refractivity contribution in [3.8, 4) is 0 Å². The number of benzene rings is 3. The van der Waals surface area contributed by atoms with E-state index in [9.17, 15) is 14.0 Å². The summed E-state index contributed by atoms with van der Waals surface area (Å²) in [5.74, 6) is -1.71. The highest BCUT2D eigenvalue weighted by atomic mass is 19.1. The van der Waals surface area contributed by atoms with E-state index < -0.39 is 17.6 Å². The number of hydrogen-bond donors (Lipinski definition) is 0. The molecule has 0 unspecified atom stereocenters. The first-order chi connectivity index (χ1) is 11.7. The van der Waals surface area contributed by atoms with E-state index in [4.69, 9.17) is 0 Å². The molecule has 1 aliphatic heterocycles. The van der Waals surface area contributed by atoms with Gasteiger partial charge in [0.1, 0.15) is 5.82 Å². The van der Waals surface area contributed by atoms with Crippen LogP contribution in [0.3, 0.4) is 0 Å². The van der Waals surface area contributed by atoms with Gasteiger partial charge in [0.15, 0.2) is 0 Å². The topological polar surface area (TPSA) is 37.4 Å². The van der Waals surface area contributed by atoms with Gasteiger partial charge in [-0.25, -0.2) is 9.29 Å². The molecule has 24 heavy (non-hydrogen) atoms. The zero-order chi connectivity index (χ0) is 16.4. The summed E-state index contributed by atoms with van der Waals surface area (Å²) in [6.07, 6.45) is 1.93. The molecule has 3 aromatic carbocycles. The van der Waals surface area contributed by atoms with Gasteiger partial charge < -0.3 is 0 Å². The predicted octanol–water partition coefficient (Wildman–Crippen LogP) is 3.88. The lowest BCUT2D eigenvalue weighted by Gasteiger charge is -2.17. The molecule has 0 saturated carbocycles. The fourth-order valence-electron chi connectivity index (χ4n) is 3.89. The number of imide groups is 1. The van der Waals surface area contributed by atoms with Crippen LogP contribution in [0.2, 0.25) is 0 Å². The van der Waals surface area contributed by atoms with Crippen LogP contribution in [0, 0.1) is 5.82 Å². The molecule has 0 radical (unpaired) electrons. The van der Waals surface area contributed by atoms with Gasteiger partial charge in [-0.15, -0.1) is 0 Å². The second kappa shape index (κ2) is 4.51. The maximum atomic E-state index is 14.1. The average Bonchev–Trinajstić information content (AvgIpc) is 3.11. The Bertz CT molecular complexity index is 1060. The summed E-state index contributed by atoms with van der Waals surface area (Å²) in [7, 11) is 0. The van der Waals surface area contributed by atoms with Gasteiger partial charge in [-0.05, 0) is 47.6 Å². The lowest BCUT2D eigenvalue weighted by atomic mass is 10.0. The number of amides is 2. The molecule has 1 aliphatic carbocycles. The molecule has 2 amide bonds. The largest absolute Gasteiger partial charge is 0.269 e. The van der Waals surface area contributed by atoms with Crippen molar-refractivity contribution in [2.45, 2.75) is 12.8 Å². The zero-order valence-corrected chi connectivity index (χ0v) is 12.7. The lowest BCUT2D eigenvalue weighted by Crippen LogP contribution is -2.29. The molecule has 0 fully saturated rings. The minimum absolute atomic E-state index is 0.128. The number of halogens is 1. The number of carbonyl (C=O) groups excluding carboxylic acids is 2. The van der Waals surface area contributed by atoms with E-state index in [1.54, 1.807) is 6.07 Å². The van der Waals surface area contributed by atoms with Crippen LogP contribution in [0.15, 0.2) is 48.5 Å². The normalized spacial score (nSPS) is 15.5. The van der Waals surface area contributed by atoms with Gasteiger partial charge in [0.2, 0.25) is 0 Å². The fourth-order valence-corrected chi connectivity index (χ4v) is 3.89. The van der Waals surface area contributed by atoms with Crippen LogP contribution in [0.5, 0.6) is 0 Å². The fraction of sp³-hybridized carbons (Fsp3) is 0.100. The number of fused-ring (bicyclic) bond motifs is 1. The van der Waals surface area contributed by atoms with Crippen molar-refractivity contribution in [1.82, 2.24) is 0 Å². The van der Waals surface area contributed by atoms with Gasteiger partial charge in [-0.1, -0.05) is 30.3 Å². The average molecular weight is 317 g/mol. The number of anilines is 1. The van der Waals surface area contributed by atoms with E-state index in [1.165, 1.54) is 29.3 Å². The summed E-state index contributed by atoms with van der Waals surface area (Å²) in [5.41, 5.74) is 2.98. The van der Waals surface area contributed by atoms with Crippen molar-refractivity contribution >= 4 is 28.3 Å². The van der Waals surface area contributed by atoms with Crippen LogP contribution >= 0.6 is 0 Å². The second-order valence-corrected chi connectivity index (χ2v) is 6.19. The summed E-state index contributed by atoms with van der Waals surface area (Å²) in [5, 5.41) is 1.99. The van der Waals surface area contributed by atoms with Crippen LogP contribution in [0.4, 0.5) is 10.1 Å². The Morgan fingerprint density at radius 2 is 1.58 bits per heavy atom. The van der Waals surface area contributed by atoms with Crippen molar-refractivity contribution in [3.63, 3.8) is 0 Å².